The lowest BCUT2D eigenvalue weighted by Gasteiger charge is -2.31. The van der Waals surface area contributed by atoms with E-state index in [1.165, 1.54) is 32.5 Å². The molecule has 0 bridgehead atoms. The summed E-state index contributed by atoms with van der Waals surface area (Å²) in [6, 6.07) is 6.13. The topological polar surface area (TPSA) is 37.8 Å². The van der Waals surface area contributed by atoms with Crippen LogP contribution in [0.5, 0.6) is 0 Å². The van der Waals surface area contributed by atoms with E-state index in [0.29, 0.717) is 5.92 Å². The van der Waals surface area contributed by atoms with E-state index < -0.39 is 0 Å². The Morgan fingerprint density at radius 3 is 2.92 bits per heavy atom. The molecule has 0 radical (unpaired) electrons. The zero-order valence-corrected chi connectivity index (χ0v) is 14.5. The number of rotatable bonds is 4. The fourth-order valence-corrected chi connectivity index (χ4v) is 4.44. The third-order valence-corrected chi connectivity index (χ3v) is 5.54. The first-order valence-electron chi connectivity index (χ1n) is 9.38. The molecule has 3 aliphatic rings. The Morgan fingerprint density at radius 1 is 1.17 bits per heavy atom. The minimum atomic E-state index is -0.115. The second-order valence-electron chi connectivity index (χ2n) is 7.66. The number of ether oxygens (including phenoxy) is 2. The van der Waals surface area contributed by atoms with Crippen molar-refractivity contribution in [3.8, 4) is 0 Å². The summed E-state index contributed by atoms with van der Waals surface area (Å²) in [6.07, 6.45) is 5.72. The summed E-state index contributed by atoms with van der Waals surface area (Å²) in [7, 11) is 0. The monoisotopic (exact) mass is 331 g/mol. The number of nitrogens with zero attached hydrogens (tertiary/aromatic N) is 3. The summed E-state index contributed by atoms with van der Waals surface area (Å²) in [5.41, 5.74) is 1.01. The van der Waals surface area contributed by atoms with Crippen LogP contribution in [0.15, 0.2) is 24.4 Å². The van der Waals surface area contributed by atoms with Gasteiger partial charge in [-0.25, -0.2) is 0 Å². The van der Waals surface area contributed by atoms with Crippen LogP contribution in [0.2, 0.25) is 0 Å². The molecule has 0 amide bonds. The highest BCUT2D eigenvalue weighted by Crippen LogP contribution is 2.34. The van der Waals surface area contributed by atoms with Gasteiger partial charge < -0.3 is 14.4 Å². The Hall–Kier alpha value is -1.01. The summed E-state index contributed by atoms with van der Waals surface area (Å²) < 4.78 is 12.3. The second kappa shape index (κ2) is 7.48. The SMILES string of the molecule is c1ccc(CN2CCOCC3(CC(CN4CCCC4)CO3)C2)nc1. The summed E-state index contributed by atoms with van der Waals surface area (Å²) in [6.45, 7) is 8.94. The Labute approximate surface area is 144 Å². The molecule has 1 aromatic rings. The minimum absolute atomic E-state index is 0.115. The van der Waals surface area contributed by atoms with E-state index in [9.17, 15) is 0 Å². The van der Waals surface area contributed by atoms with Crippen molar-refractivity contribution in [2.75, 3.05) is 52.5 Å². The smallest absolute Gasteiger partial charge is 0.104 e. The Balaban J connectivity index is 1.37. The molecule has 24 heavy (non-hydrogen) atoms. The fourth-order valence-electron chi connectivity index (χ4n) is 4.44. The predicted octanol–water partition coefficient (Wildman–Crippen LogP) is 1.78. The number of pyridine rings is 1. The van der Waals surface area contributed by atoms with E-state index in [2.05, 4.69) is 26.9 Å². The largest absolute Gasteiger partial charge is 0.377 e. The average Bonchev–Trinajstić information content (AvgIpc) is 3.19. The van der Waals surface area contributed by atoms with Crippen LogP contribution in [-0.2, 0) is 16.0 Å². The molecule has 4 heterocycles. The molecule has 5 nitrogen and oxygen atoms in total. The van der Waals surface area contributed by atoms with Crippen LogP contribution in [0.3, 0.4) is 0 Å². The molecule has 0 aliphatic carbocycles. The zero-order chi connectivity index (χ0) is 16.2. The van der Waals surface area contributed by atoms with Gasteiger partial charge in [0.15, 0.2) is 0 Å². The number of hydrogen-bond donors (Lipinski definition) is 0. The fraction of sp³-hybridized carbons (Fsp3) is 0.737. The van der Waals surface area contributed by atoms with Crippen LogP contribution in [-0.4, -0.2) is 72.9 Å². The molecule has 3 aliphatic heterocycles. The van der Waals surface area contributed by atoms with E-state index in [1.807, 2.05) is 12.3 Å². The van der Waals surface area contributed by atoms with E-state index in [-0.39, 0.29) is 5.60 Å². The second-order valence-corrected chi connectivity index (χ2v) is 7.66. The molecule has 4 rings (SSSR count). The van der Waals surface area contributed by atoms with Gasteiger partial charge in [0.2, 0.25) is 0 Å². The molecule has 3 fully saturated rings. The lowest BCUT2D eigenvalue weighted by Crippen LogP contribution is -2.44. The highest BCUT2D eigenvalue weighted by atomic mass is 16.5. The predicted molar refractivity (Wildman–Crippen MR) is 92.8 cm³/mol. The third kappa shape index (κ3) is 3.97. The molecular formula is C19H29N3O2. The van der Waals surface area contributed by atoms with Gasteiger partial charge in [-0.3, -0.25) is 9.88 Å². The Morgan fingerprint density at radius 2 is 2.08 bits per heavy atom. The van der Waals surface area contributed by atoms with Gasteiger partial charge in [-0.1, -0.05) is 6.07 Å². The van der Waals surface area contributed by atoms with Crippen molar-refractivity contribution in [2.24, 2.45) is 5.92 Å². The van der Waals surface area contributed by atoms with Crippen LogP contribution in [0.1, 0.15) is 25.0 Å². The molecule has 1 spiro atoms. The van der Waals surface area contributed by atoms with Gasteiger partial charge in [0.25, 0.3) is 0 Å². The summed E-state index contributed by atoms with van der Waals surface area (Å²) >= 11 is 0. The normalized spacial score (nSPS) is 32.4. The quantitative estimate of drug-likeness (QED) is 0.841. The molecule has 3 saturated heterocycles. The lowest BCUT2D eigenvalue weighted by molar-refractivity contribution is -0.0563. The highest BCUT2D eigenvalue weighted by Gasteiger charge is 2.43. The number of aromatic nitrogens is 1. The van der Waals surface area contributed by atoms with Gasteiger partial charge in [-0.05, 0) is 50.4 Å². The van der Waals surface area contributed by atoms with Gasteiger partial charge in [-0.2, -0.15) is 0 Å². The van der Waals surface area contributed by atoms with Crippen LogP contribution in [0, 0.1) is 5.92 Å². The van der Waals surface area contributed by atoms with Gasteiger partial charge >= 0.3 is 0 Å². The van der Waals surface area contributed by atoms with Crippen molar-refractivity contribution < 1.29 is 9.47 Å². The maximum atomic E-state index is 6.34. The van der Waals surface area contributed by atoms with E-state index in [0.717, 1.165) is 51.6 Å². The summed E-state index contributed by atoms with van der Waals surface area (Å²) in [5.74, 6) is 0.654. The van der Waals surface area contributed by atoms with E-state index in [1.54, 1.807) is 0 Å². The van der Waals surface area contributed by atoms with Gasteiger partial charge in [0.05, 0.1) is 25.5 Å². The zero-order valence-electron chi connectivity index (χ0n) is 14.5. The average molecular weight is 331 g/mol. The lowest BCUT2D eigenvalue weighted by atomic mass is 9.94. The van der Waals surface area contributed by atoms with Crippen molar-refractivity contribution >= 4 is 0 Å². The van der Waals surface area contributed by atoms with Crippen LogP contribution in [0.25, 0.3) is 0 Å². The van der Waals surface area contributed by atoms with Crippen molar-refractivity contribution in [3.63, 3.8) is 0 Å². The van der Waals surface area contributed by atoms with E-state index >= 15 is 0 Å². The Kier molecular flexibility index (Phi) is 5.13. The van der Waals surface area contributed by atoms with Gasteiger partial charge in [0, 0.05) is 32.4 Å². The van der Waals surface area contributed by atoms with Gasteiger partial charge in [0.1, 0.15) is 5.60 Å². The van der Waals surface area contributed by atoms with Crippen LogP contribution >= 0.6 is 0 Å². The number of likely N-dealkylation sites (tertiary alicyclic amines) is 1. The molecule has 2 unspecified atom stereocenters. The molecular weight excluding hydrogens is 302 g/mol. The summed E-state index contributed by atoms with van der Waals surface area (Å²) in [5, 5.41) is 0. The first-order chi connectivity index (χ1) is 11.8. The standard InChI is InChI=1S/C19H29N3O2/c1-2-6-20-18(5-1)13-22-9-10-23-16-19(15-22)11-17(14-24-19)12-21-7-3-4-8-21/h1-2,5-6,17H,3-4,7-16H2. The van der Waals surface area contributed by atoms with Crippen molar-refractivity contribution in [1.82, 2.24) is 14.8 Å². The molecule has 0 aromatic carbocycles. The van der Waals surface area contributed by atoms with Crippen molar-refractivity contribution in [2.45, 2.75) is 31.4 Å². The highest BCUT2D eigenvalue weighted by molar-refractivity contribution is 5.04. The van der Waals surface area contributed by atoms with E-state index in [4.69, 9.17) is 9.47 Å². The molecule has 2 atom stereocenters. The van der Waals surface area contributed by atoms with Gasteiger partial charge in [-0.15, -0.1) is 0 Å². The minimum Gasteiger partial charge on any atom is -0.377 e. The third-order valence-electron chi connectivity index (χ3n) is 5.54. The maximum Gasteiger partial charge on any atom is 0.104 e. The number of hydrogen-bond acceptors (Lipinski definition) is 5. The van der Waals surface area contributed by atoms with Crippen LogP contribution in [0.4, 0.5) is 0 Å². The first kappa shape index (κ1) is 16.5. The molecule has 1 aromatic heterocycles. The summed E-state index contributed by atoms with van der Waals surface area (Å²) in [4.78, 5) is 9.53. The van der Waals surface area contributed by atoms with Crippen LogP contribution < -0.4 is 0 Å². The molecule has 132 valence electrons. The molecule has 0 saturated carbocycles. The van der Waals surface area contributed by atoms with Crippen molar-refractivity contribution in [3.05, 3.63) is 30.1 Å². The Bertz CT molecular complexity index is 521. The maximum absolute atomic E-state index is 6.34. The molecule has 0 N–H and O–H groups in total. The van der Waals surface area contributed by atoms with Crippen molar-refractivity contribution in [1.29, 1.82) is 0 Å². The molecule has 5 heteroatoms. The first-order valence-corrected chi connectivity index (χ1v) is 9.38.